The van der Waals surface area contributed by atoms with E-state index >= 15 is 0 Å². The van der Waals surface area contributed by atoms with E-state index in [4.69, 9.17) is 19.9 Å². The average Bonchev–Trinajstić information content (AvgIpc) is 2.53. The number of hydrogen-bond donors (Lipinski definition) is 2. The molecule has 0 radical (unpaired) electrons. The Morgan fingerprint density at radius 2 is 1.73 bits per heavy atom. The van der Waals surface area contributed by atoms with Crippen molar-refractivity contribution < 1.29 is 19.0 Å². The van der Waals surface area contributed by atoms with E-state index in [1.165, 1.54) is 0 Å². The third kappa shape index (κ3) is 5.27. The number of nitrogens with two attached hydrogens (primary N) is 1. The standard InChI is InChI=1S/C15H24N2O4.ClH/c1-10(9-16)15(18)17-6-5-12-13(20-3)7-11(19-2)8-14(12)21-4;/h7-8,10H,5-6,9,16H2,1-4H3,(H,17,18);1H. The fourth-order valence-corrected chi connectivity index (χ4v) is 1.92. The van der Waals surface area contributed by atoms with Gasteiger partial charge < -0.3 is 25.3 Å². The number of rotatable bonds is 8. The van der Waals surface area contributed by atoms with E-state index in [-0.39, 0.29) is 24.2 Å². The summed E-state index contributed by atoms with van der Waals surface area (Å²) in [6.07, 6.45) is 0.597. The van der Waals surface area contributed by atoms with Gasteiger partial charge in [0.25, 0.3) is 0 Å². The van der Waals surface area contributed by atoms with Gasteiger partial charge in [0.2, 0.25) is 5.91 Å². The molecular formula is C15H25ClN2O4. The van der Waals surface area contributed by atoms with Crippen molar-refractivity contribution in [3.05, 3.63) is 17.7 Å². The summed E-state index contributed by atoms with van der Waals surface area (Å²) in [6.45, 7) is 2.62. The molecule has 0 aliphatic heterocycles. The van der Waals surface area contributed by atoms with Crippen molar-refractivity contribution in [2.75, 3.05) is 34.4 Å². The van der Waals surface area contributed by atoms with Crippen LogP contribution in [-0.2, 0) is 11.2 Å². The van der Waals surface area contributed by atoms with Gasteiger partial charge in [0.05, 0.1) is 21.3 Å². The number of hydrogen-bond acceptors (Lipinski definition) is 5. The zero-order chi connectivity index (χ0) is 15.8. The van der Waals surface area contributed by atoms with Gasteiger partial charge in [0, 0.05) is 36.7 Å². The van der Waals surface area contributed by atoms with Gasteiger partial charge in [0.15, 0.2) is 0 Å². The molecule has 1 atom stereocenters. The first-order valence-electron chi connectivity index (χ1n) is 6.84. The summed E-state index contributed by atoms with van der Waals surface area (Å²) >= 11 is 0. The van der Waals surface area contributed by atoms with Crippen molar-refractivity contribution in [1.29, 1.82) is 0 Å². The molecule has 1 aromatic carbocycles. The summed E-state index contributed by atoms with van der Waals surface area (Å²) in [5.74, 6) is 1.77. The topological polar surface area (TPSA) is 82.8 Å². The Balaban J connectivity index is 0.00000441. The first-order valence-corrected chi connectivity index (χ1v) is 6.84. The van der Waals surface area contributed by atoms with Gasteiger partial charge in [-0.15, -0.1) is 12.4 Å². The molecule has 1 unspecified atom stereocenters. The lowest BCUT2D eigenvalue weighted by Crippen LogP contribution is -2.34. The third-order valence-corrected chi connectivity index (χ3v) is 3.29. The molecule has 0 bridgehead atoms. The summed E-state index contributed by atoms with van der Waals surface area (Å²) in [6, 6.07) is 3.59. The molecule has 0 saturated heterocycles. The average molecular weight is 333 g/mol. The van der Waals surface area contributed by atoms with Crippen LogP contribution in [0.15, 0.2) is 12.1 Å². The van der Waals surface area contributed by atoms with Crippen LogP contribution in [0.3, 0.4) is 0 Å². The van der Waals surface area contributed by atoms with Gasteiger partial charge in [-0.05, 0) is 6.42 Å². The van der Waals surface area contributed by atoms with Crippen molar-refractivity contribution >= 4 is 18.3 Å². The molecule has 1 amide bonds. The second kappa shape index (κ2) is 10.1. The number of carbonyl (C=O) groups is 1. The minimum absolute atomic E-state index is 0. The molecule has 0 heterocycles. The first kappa shape index (κ1) is 20.3. The van der Waals surface area contributed by atoms with Crippen LogP contribution in [0.1, 0.15) is 12.5 Å². The Bertz CT molecular complexity index is 458. The molecule has 22 heavy (non-hydrogen) atoms. The van der Waals surface area contributed by atoms with E-state index in [2.05, 4.69) is 5.32 Å². The van der Waals surface area contributed by atoms with Crippen LogP contribution in [0.4, 0.5) is 0 Å². The highest BCUT2D eigenvalue weighted by molar-refractivity contribution is 5.85. The van der Waals surface area contributed by atoms with Crippen LogP contribution < -0.4 is 25.3 Å². The molecule has 0 fully saturated rings. The van der Waals surface area contributed by atoms with Crippen LogP contribution >= 0.6 is 12.4 Å². The van der Waals surface area contributed by atoms with E-state index in [1.807, 2.05) is 0 Å². The van der Waals surface area contributed by atoms with Crippen LogP contribution in [-0.4, -0.2) is 40.3 Å². The van der Waals surface area contributed by atoms with Crippen molar-refractivity contribution in [1.82, 2.24) is 5.32 Å². The zero-order valence-corrected chi connectivity index (χ0v) is 14.3. The SMILES string of the molecule is COc1cc(OC)c(CCNC(=O)C(C)CN)c(OC)c1.Cl. The molecule has 0 saturated carbocycles. The lowest BCUT2D eigenvalue weighted by Gasteiger charge is -2.16. The minimum atomic E-state index is -0.190. The molecule has 126 valence electrons. The molecule has 6 nitrogen and oxygen atoms in total. The van der Waals surface area contributed by atoms with Gasteiger partial charge in [-0.25, -0.2) is 0 Å². The number of methoxy groups -OCH3 is 3. The summed E-state index contributed by atoms with van der Waals surface area (Å²) in [5, 5.41) is 2.85. The molecule has 0 aromatic heterocycles. The number of halogens is 1. The fourth-order valence-electron chi connectivity index (χ4n) is 1.92. The fraction of sp³-hybridized carbons (Fsp3) is 0.533. The highest BCUT2D eigenvalue weighted by Crippen LogP contribution is 2.34. The Kier molecular flexibility index (Phi) is 9.37. The Morgan fingerprint density at radius 3 is 2.14 bits per heavy atom. The molecule has 1 aromatic rings. The monoisotopic (exact) mass is 332 g/mol. The second-order valence-electron chi connectivity index (χ2n) is 4.69. The van der Waals surface area contributed by atoms with Crippen LogP contribution in [0, 0.1) is 5.92 Å². The van der Waals surface area contributed by atoms with Gasteiger partial charge in [-0.2, -0.15) is 0 Å². The lowest BCUT2D eigenvalue weighted by molar-refractivity contribution is -0.124. The number of benzene rings is 1. The highest BCUT2D eigenvalue weighted by Gasteiger charge is 2.14. The smallest absolute Gasteiger partial charge is 0.224 e. The van der Waals surface area contributed by atoms with Gasteiger partial charge >= 0.3 is 0 Å². The predicted octanol–water partition coefficient (Wildman–Crippen LogP) is 1.39. The summed E-state index contributed by atoms with van der Waals surface area (Å²) in [5.41, 5.74) is 6.35. The zero-order valence-electron chi connectivity index (χ0n) is 13.5. The van der Waals surface area contributed by atoms with E-state index < -0.39 is 0 Å². The number of ether oxygens (including phenoxy) is 3. The Hall–Kier alpha value is -1.66. The minimum Gasteiger partial charge on any atom is -0.496 e. The molecular weight excluding hydrogens is 308 g/mol. The number of nitrogens with one attached hydrogen (secondary N) is 1. The van der Waals surface area contributed by atoms with E-state index in [9.17, 15) is 4.79 Å². The molecule has 0 aliphatic rings. The van der Waals surface area contributed by atoms with Crippen molar-refractivity contribution in [3.8, 4) is 17.2 Å². The van der Waals surface area contributed by atoms with E-state index in [1.54, 1.807) is 40.4 Å². The number of carbonyl (C=O) groups excluding carboxylic acids is 1. The first-order chi connectivity index (χ1) is 10.1. The summed E-state index contributed by atoms with van der Waals surface area (Å²) in [4.78, 5) is 11.7. The van der Waals surface area contributed by atoms with Crippen LogP contribution in [0.25, 0.3) is 0 Å². The summed E-state index contributed by atoms with van der Waals surface area (Å²) in [7, 11) is 4.77. The second-order valence-corrected chi connectivity index (χ2v) is 4.69. The van der Waals surface area contributed by atoms with Crippen molar-refractivity contribution in [2.24, 2.45) is 11.7 Å². The van der Waals surface area contributed by atoms with Crippen molar-refractivity contribution in [2.45, 2.75) is 13.3 Å². The van der Waals surface area contributed by atoms with Crippen molar-refractivity contribution in [3.63, 3.8) is 0 Å². The molecule has 0 aliphatic carbocycles. The third-order valence-electron chi connectivity index (χ3n) is 3.29. The van der Waals surface area contributed by atoms with Gasteiger partial charge in [-0.3, -0.25) is 4.79 Å². The Labute approximate surface area is 137 Å². The maximum absolute atomic E-state index is 11.7. The largest absolute Gasteiger partial charge is 0.496 e. The van der Waals surface area contributed by atoms with Gasteiger partial charge in [0.1, 0.15) is 17.2 Å². The van der Waals surface area contributed by atoms with E-state index in [0.29, 0.717) is 36.8 Å². The number of amides is 1. The highest BCUT2D eigenvalue weighted by atomic mass is 35.5. The van der Waals surface area contributed by atoms with E-state index in [0.717, 1.165) is 5.56 Å². The van der Waals surface area contributed by atoms with Crippen LogP contribution in [0.5, 0.6) is 17.2 Å². The lowest BCUT2D eigenvalue weighted by atomic mass is 10.1. The maximum Gasteiger partial charge on any atom is 0.224 e. The normalized spacial score (nSPS) is 11.1. The molecule has 0 spiro atoms. The Morgan fingerprint density at radius 1 is 1.18 bits per heavy atom. The quantitative estimate of drug-likeness (QED) is 0.751. The molecule has 1 rings (SSSR count). The van der Waals surface area contributed by atoms with Crippen LogP contribution in [0.2, 0.25) is 0 Å². The molecule has 3 N–H and O–H groups in total. The maximum atomic E-state index is 11.7. The molecule has 7 heteroatoms. The predicted molar refractivity (Wildman–Crippen MR) is 88.3 cm³/mol. The summed E-state index contributed by atoms with van der Waals surface area (Å²) < 4.78 is 15.9. The van der Waals surface area contributed by atoms with Gasteiger partial charge in [-0.1, -0.05) is 6.92 Å².